The highest BCUT2D eigenvalue weighted by molar-refractivity contribution is 6.11. The minimum Gasteiger partial charge on any atom is -0.281 e. The van der Waals surface area contributed by atoms with E-state index in [4.69, 9.17) is 4.99 Å². The molecule has 0 radical (unpaired) electrons. The molecule has 94 valence electrons. The van der Waals surface area contributed by atoms with Gasteiger partial charge in [-0.3, -0.25) is 4.99 Å². The maximum atomic E-state index is 4.83. The summed E-state index contributed by atoms with van der Waals surface area (Å²) in [5, 5.41) is 0. The highest BCUT2D eigenvalue weighted by atomic mass is 14.8. The first-order chi connectivity index (χ1) is 8.17. The van der Waals surface area contributed by atoms with Gasteiger partial charge in [-0.15, -0.1) is 0 Å². The second kappa shape index (κ2) is 7.26. The van der Waals surface area contributed by atoms with E-state index in [9.17, 15) is 0 Å². The van der Waals surface area contributed by atoms with E-state index >= 15 is 0 Å². The van der Waals surface area contributed by atoms with Crippen LogP contribution in [0.4, 0.5) is 0 Å². The van der Waals surface area contributed by atoms with E-state index in [1.54, 1.807) is 0 Å². The number of hydrogen-bond acceptors (Lipinski definition) is 1. The summed E-state index contributed by atoms with van der Waals surface area (Å²) >= 11 is 0. The zero-order valence-electron chi connectivity index (χ0n) is 11.5. The van der Waals surface area contributed by atoms with Gasteiger partial charge in [-0.2, -0.15) is 0 Å². The summed E-state index contributed by atoms with van der Waals surface area (Å²) in [4.78, 5) is 4.83. The molecular formula is C16H25N. The Morgan fingerprint density at radius 1 is 1.24 bits per heavy atom. The maximum Gasteiger partial charge on any atom is 0.0644 e. The van der Waals surface area contributed by atoms with Gasteiger partial charge >= 0.3 is 0 Å². The summed E-state index contributed by atoms with van der Waals surface area (Å²) in [6.07, 6.45) is 12.5. The van der Waals surface area contributed by atoms with Crippen LogP contribution in [0.15, 0.2) is 40.9 Å². The summed E-state index contributed by atoms with van der Waals surface area (Å²) in [6.45, 7) is 10.6. The van der Waals surface area contributed by atoms with Gasteiger partial charge in [0.1, 0.15) is 0 Å². The Kier molecular flexibility index (Phi) is 5.96. The van der Waals surface area contributed by atoms with Gasteiger partial charge in [0.05, 0.1) is 11.8 Å². The first-order valence-corrected chi connectivity index (χ1v) is 6.80. The van der Waals surface area contributed by atoms with Crippen molar-refractivity contribution < 1.29 is 0 Å². The average molecular weight is 231 g/mol. The molecule has 0 aliphatic heterocycles. The third kappa shape index (κ3) is 4.72. The third-order valence-corrected chi connectivity index (χ3v) is 3.17. The lowest BCUT2D eigenvalue weighted by atomic mass is 10.0. The highest BCUT2D eigenvalue weighted by Crippen LogP contribution is 2.16. The fourth-order valence-corrected chi connectivity index (χ4v) is 2.03. The van der Waals surface area contributed by atoms with Crippen LogP contribution in [0.5, 0.6) is 0 Å². The van der Waals surface area contributed by atoms with Crippen molar-refractivity contribution in [3.8, 4) is 0 Å². The van der Waals surface area contributed by atoms with Gasteiger partial charge in [0.15, 0.2) is 0 Å². The van der Waals surface area contributed by atoms with Gasteiger partial charge in [0, 0.05) is 0 Å². The van der Waals surface area contributed by atoms with E-state index < -0.39 is 0 Å². The molecule has 0 heterocycles. The molecule has 0 aromatic heterocycles. The predicted molar refractivity (Wildman–Crippen MR) is 77.7 cm³/mol. The highest BCUT2D eigenvalue weighted by Gasteiger charge is 2.08. The SMILES string of the molecule is C=C1C=C(C)C=CC1=NC(CC)CCCCC. The molecule has 0 N–H and O–H groups in total. The Morgan fingerprint density at radius 2 is 2.00 bits per heavy atom. The molecule has 1 heteroatoms. The molecule has 0 aromatic rings. The molecule has 1 rings (SSSR count). The lowest BCUT2D eigenvalue weighted by Crippen LogP contribution is -2.09. The monoisotopic (exact) mass is 231 g/mol. The molecule has 1 nitrogen and oxygen atoms in total. The molecule has 0 spiro atoms. The summed E-state index contributed by atoms with van der Waals surface area (Å²) in [7, 11) is 0. The van der Waals surface area contributed by atoms with E-state index in [1.165, 1.54) is 31.3 Å². The minimum atomic E-state index is 0.463. The van der Waals surface area contributed by atoms with Crippen LogP contribution in [-0.4, -0.2) is 11.8 Å². The first kappa shape index (κ1) is 14.0. The van der Waals surface area contributed by atoms with Crippen molar-refractivity contribution in [2.75, 3.05) is 0 Å². The summed E-state index contributed by atoms with van der Waals surface area (Å²) in [5.41, 5.74) is 3.38. The number of hydrogen-bond donors (Lipinski definition) is 0. The molecule has 0 aromatic carbocycles. The van der Waals surface area contributed by atoms with Gasteiger partial charge in [-0.05, 0) is 31.4 Å². The van der Waals surface area contributed by atoms with Gasteiger partial charge < -0.3 is 0 Å². The van der Waals surface area contributed by atoms with E-state index in [0.29, 0.717) is 6.04 Å². The molecule has 0 saturated carbocycles. The van der Waals surface area contributed by atoms with Gasteiger partial charge in [-0.1, -0.05) is 57.4 Å². The number of allylic oxidation sites excluding steroid dienone is 5. The average Bonchev–Trinajstić information content (AvgIpc) is 2.31. The van der Waals surface area contributed by atoms with Crippen molar-refractivity contribution in [2.45, 2.75) is 58.9 Å². The largest absolute Gasteiger partial charge is 0.281 e. The standard InChI is InChI=1S/C16H25N/c1-5-7-8-9-15(6-2)17-16-11-10-13(3)12-14(16)4/h10-12,15H,4-9H2,1-3H3. The van der Waals surface area contributed by atoms with E-state index in [1.807, 2.05) is 0 Å². The van der Waals surface area contributed by atoms with Crippen LogP contribution in [-0.2, 0) is 0 Å². The van der Waals surface area contributed by atoms with Gasteiger partial charge in [0.25, 0.3) is 0 Å². The van der Waals surface area contributed by atoms with Gasteiger partial charge in [-0.25, -0.2) is 0 Å². The van der Waals surface area contributed by atoms with Crippen LogP contribution >= 0.6 is 0 Å². The molecule has 0 bridgehead atoms. The Labute approximate surface area is 106 Å². The first-order valence-electron chi connectivity index (χ1n) is 6.80. The summed E-state index contributed by atoms with van der Waals surface area (Å²) in [5.74, 6) is 0. The van der Waals surface area contributed by atoms with Gasteiger partial charge in [0.2, 0.25) is 0 Å². The van der Waals surface area contributed by atoms with Crippen LogP contribution < -0.4 is 0 Å². The Balaban J connectivity index is 2.60. The van der Waals surface area contributed by atoms with E-state index in [2.05, 4.69) is 45.6 Å². The van der Waals surface area contributed by atoms with E-state index in [0.717, 1.165) is 17.7 Å². The molecule has 1 aliphatic carbocycles. The normalized spacial score (nSPS) is 19.6. The molecule has 1 unspecified atom stereocenters. The number of aliphatic imine (C=N–C) groups is 1. The quantitative estimate of drug-likeness (QED) is 0.579. The Morgan fingerprint density at radius 3 is 2.59 bits per heavy atom. The molecule has 0 fully saturated rings. The lowest BCUT2D eigenvalue weighted by molar-refractivity contribution is 0.550. The molecule has 1 atom stereocenters. The van der Waals surface area contributed by atoms with Crippen molar-refractivity contribution in [3.63, 3.8) is 0 Å². The van der Waals surface area contributed by atoms with E-state index in [-0.39, 0.29) is 0 Å². The van der Waals surface area contributed by atoms with Crippen LogP contribution in [0.25, 0.3) is 0 Å². The third-order valence-electron chi connectivity index (χ3n) is 3.17. The number of rotatable bonds is 6. The molecule has 0 saturated heterocycles. The zero-order chi connectivity index (χ0) is 12.7. The molecule has 0 amide bonds. The summed E-state index contributed by atoms with van der Waals surface area (Å²) < 4.78 is 0. The predicted octanol–water partition coefficient (Wildman–Crippen LogP) is 4.86. The van der Waals surface area contributed by atoms with Crippen molar-refractivity contribution in [1.82, 2.24) is 0 Å². The molecule has 1 aliphatic rings. The Hall–Kier alpha value is -1.11. The van der Waals surface area contributed by atoms with Crippen LogP contribution in [0, 0.1) is 0 Å². The van der Waals surface area contributed by atoms with Crippen LogP contribution in [0.3, 0.4) is 0 Å². The van der Waals surface area contributed by atoms with Crippen molar-refractivity contribution in [3.05, 3.63) is 36.0 Å². The fourth-order valence-electron chi connectivity index (χ4n) is 2.03. The number of unbranched alkanes of at least 4 members (excludes halogenated alkanes) is 2. The second-order valence-corrected chi connectivity index (χ2v) is 4.82. The fraction of sp³-hybridized carbons (Fsp3) is 0.562. The lowest BCUT2D eigenvalue weighted by Gasteiger charge is -2.14. The van der Waals surface area contributed by atoms with Crippen LogP contribution in [0.2, 0.25) is 0 Å². The van der Waals surface area contributed by atoms with Crippen molar-refractivity contribution >= 4 is 5.71 Å². The smallest absolute Gasteiger partial charge is 0.0644 e. The maximum absolute atomic E-state index is 4.83. The zero-order valence-corrected chi connectivity index (χ0v) is 11.5. The Bertz CT molecular complexity index is 345. The summed E-state index contributed by atoms with van der Waals surface area (Å²) in [6, 6.07) is 0.463. The van der Waals surface area contributed by atoms with Crippen molar-refractivity contribution in [2.24, 2.45) is 4.99 Å². The second-order valence-electron chi connectivity index (χ2n) is 4.82. The molecular weight excluding hydrogens is 206 g/mol. The number of nitrogens with zero attached hydrogens (tertiary/aromatic N) is 1. The molecule has 17 heavy (non-hydrogen) atoms. The topological polar surface area (TPSA) is 12.4 Å². The van der Waals surface area contributed by atoms with Crippen molar-refractivity contribution in [1.29, 1.82) is 0 Å². The minimum absolute atomic E-state index is 0.463. The van der Waals surface area contributed by atoms with Crippen LogP contribution in [0.1, 0.15) is 52.9 Å².